The third-order valence-electron chi connectivity index (χ3n) is 2.67. The van der Waals surface area contributed by atoms with Gasteiger partial charge in [-0.1, -0.05) is 10.3 Å². The molecule has 3 N–H and O–H groups in total. The molecule has 7 nitrogen and oxygen atoms in total. The van der Waals surface area contributed by atoms with E-state index in [4.69, 9.17) is 15.6 Å². The van der Waals surface area contributed by atoms with E-state index < -0.39 is 0 Å². The standard InChI is InChI=1S/C9H15N5O2/c10-8(11-15)6-7-9(13-16-12-7)14-4-2-1-3-5-14/h15H,1-6H2,(H2,10,11). The molecule has 0 bridgehead atoms. The molecule has 0 aromatic carbocycles. The molecule has 2 heterocycles. The van der Waals surface area contributed by atoms with Gasteiger partial charge in [-0.15, -0.1) is 0 Å². The molecule has 0 aliphatic carbocycles. The molecule has 7 heteroatoms. The van der Waals surface area contributed by atoms with Crippen molar-refractivity contribution in [3.8, 4) is 0 Å². The molecule has 88 valence electrons. The van der Waals surface area contributed by atoms with Crippen molar-refractivity contribution < 1.29 is 9.84 Å². The van der Waals surface area contributed by atoms with Gasteiger partial charge in [0.1, 0.15) is 11.5 Å². The highest BCUT2D eigenvalue weighted by atomic mass is 16.6. The summed E-state index contributed by atoms with van der Waals surface area (Å²) in [4.78, 5) is 2.12. The van der Waals surface area contributed by atoms with Gasteiger partial charge in [-0.2, -0.15) is 0 Å². The van der Waals surface area contributed by atoms with E-state index in [1.807, 2.05) is 0 Å². The van der Waals surface area contributed by atoms with E-state index in [0.717, 1.165) is 25.9 Å². The van der Waals surface area contributed by atoms with Gasteiger partial charge in [-0.05, 0) is 24.4 Å². The van der Waals surface area contributed by atoms with Crippen LogP contribution in [0.2, 0.25) is 0 Å². The topological polar surface area (TPSA) is 101 Å². The van der Waals surface area contributed by atoms with Gasteiger partial charge in [-0.25, -0.2) is 4.63 Å². The summed E-state index contributed by atoms with van der Waals surface area (Å²) in [5.41, 5.74) is 6.06. The summed E-state index contributed by atoms with van der Waals surface area (Å²) in [7, 11) is 0. The Balaban J connectivity index is 2.11. The third-order valence-corrected chi connectivity index (χ3v) is 2.67. The molecule has 1 aromatic heterocycles. The molecule has 2 rings (SSSR count). The summed E-state index contributed by atoms with van der Waals surface area (Å²) >= 11 is 0. The first-order valence-electron chi connectivity index (χ1n) is 5.34. The van der Waals surface area contributed by atoms with Gasteiger partial charge in [0.25, 0.3) is 0 Å². The lowest BCUT2D eigenvalue weighted by molar-refractivity contribution is 0.303. The number of hydrogen-bond donors (Lipinski definition) is 2. The second-order valence-corrected chi connectivity index (χ2v) is 3.85. The molecule has 1 saturated heterocycles. The first-order valence-corrected chi connectivity index (χ1v) is 5.34. The van der Waals surface area contributed by atoms with Crippen molar-refractivity contribution in [1.29, 1.82) is 0 Å². The average Bonchev–Trinajstić information content (AvgIpc) is 2.78. The van der Waals surface area contributed by atoms with Crippen LogP contribution in [0.25, 0.3) is 0 Å². The van der Waals surface area contributed by atoms with Gasteiger partial charge in [0.05, 0.1) is 6.42 Å². The van der Waals surface area contributed by atoms with E-state index in [9.17, 15) is 0 Å². The lowest BCUT2D eigenvalue weighted by atomic mass is 10.1. The summed E-state index contributed by atoms with van der Waals surface area (Å²) in [5.74, 6) is 0.820. The van der Waals surface area contributed by atoms with Gasteiger partial charge in [0.2, 0.25) is 0 Å². The van der Waals surface area contributed by atoms with Crippen LogP contribution in [-0.4, -0.2) is 34.4 Å². The number of oxime groups is 1. The molecule has 1 aliphatic heterocycles. The smallest absolute Gasteiger partial charge is 0.197 e. The maximum absolute atomic E-state index is 8.51. The normalized spacial score (nSPS) is 17.8. The predicted molar refractivity (Wildman–Crippen MR) is 57.5 cm³/mol. The zero-order chi connectivity index (χ0) is 11.4. The van der Waals surface area contributed by atoms with E-state index in [-0.39, 0.29) is 12.3 Å². The highest BCUT2D eigenvalue weighted by Gasteiger charge is 2.20. The number of piperidine rings is 1. The average molecular weight is 225 g/mol. The third kappa shape index (κ3) is 2.23. The fraction of sp³-hybridized carbons (Fsp3) is 0.667. The van der Waals surface area contributed by atoms with E-state index in [2.05, 4.69) is 20.4 Å². The van der Waals surface area contributed by atoms with Gasteiger partial charge in [0, 0.05) is 13.1 Å². The fourth-order valence-electron chi connectivity index (χ4n) is 1.87. The SMILES string of the molecule is NC(Cc1nonc1N1CCCCC1)=NO. The zero-order valence-electron chi connectivity index (χ0n) is 8.96. The lowest BCUT2D eigenvalue weighted by Gasteiger charge is -2.26. The maximum atomic E-state index is 8.51. The summed E-state index contributed by atoms with van der Waals surface area (Å²) in [6.07, 6.45) is 3.80. The molecule has 1 aliphatic rings. The van der Waals surface area contributed by atoms with E-state index in [0.29, 0.717) is 11.5 Å². The number of nitrogens with two attached hydrogens (primary N) is 1. The minimum atomic E-state index is 0.106. The molecular weight excluding hydrogens is 210 g/mol. The zero-order valence-corrected chi connectivity index (χ0v) is 8.96. The van der Waals surface area contributed by atoms with Crippen LogP contribution in [0.3, 0.4) is 0 Å². The Morgan fingerprint density at radius 2 is 2.12 bits per heavy atom. The summed E-state index contributed by atoms with van der Waals surface area (Å²) in [6, 6.07) is 0. The van der Waals surface area contributed by atoms with Gasteiger partial charge >= 0.3 is 0 Å². The van der Waals surface area contributed by atoms with Crippen LogP contribution in [0.1, 0.15) is 25.0 Å². The van der Waals surface area contributed by atoms with Crippen molar-refractivity contribution >= 4 is 11.7 Å². The number of nitrogens with zero attached hydrogens (tertiary/aromatic N) is 4. The van der Waals surface area contributed by atoms with Gasteiger partial charge in [-0.3, -0.25) is 0 Å². The molecule has 0 unspecified atom stereocenters. The Morgan fingerprint density at radius 1 is 1.38 bits per heavy atom. The maximum Gasteiger partial charge on any atom is 0.197 e. The highest BCUT2D eigenvalue weighted by molar-refractivity contribution is 5.82. The predicted octanol–water partition coefficient (Wildman–Crippen LogP) is 0.349. The lowest BCUT2D eigenvalue weighted by Crippen LogP contribution is -2.31. The summed E-state index contributed by atoms with van der Waals surface area (Å²) in [6.45, 7) is 1.91. The minimum absolute atomic E-state index is 0.106. The molecule has 16 heavy (non-hydrogen) atoms. The van der Waals surface area contributed by atoms with Crippen molar-refractivity contribution in [2.75, 3.05) is 18.0 Å². The van der Waals surface area contributed by atoms with Crippen LogP contribution in [0.5, 0.6) is 0 Å². The van der Waals surface area contributed by atoms with Crippen molar-refractivity contribution in [2.45, 2.75) is 25.7 Å². The molecule has 0 saturated carbocycles. The molecule has 0 radical (unpaired) electrons. The van der Waals surface area contributed by atoms with Crippen molar-refractivity contribution in [3.63, 3.8) is 0 Å². The molecule has 1 aromatic rings. The Hall–Kier alpha value is -1.79. The Morgan fingerprint density at radius 3 is 2.81 bits per heavy atom. The molecule has 0 amide bonds. The van der Waals surface area contributed by atoms with Gasteiger partial charge in [0.15, 0.2) is 5.82 Å². The Labute approximate surface area is 92.9 Å². The van der Waals surface area contributed by atoms with Crippen molar-refractivity contribution in [1.82, 2.24) is 10.3 Å². The van der Waals surface area contributed by atoms with Crippen LogP contribution >= 0.6 is 0 Å². The van der Waals surface area contributed by atoms with Crippen LogP contribution in [-0.2, 0) is 6.42 Å². The number of anilines is 1. The number of aromatic nitrogens is 2. The Bertz CT molecular complexity index is 370. The molecule has 0 atom stereocenters. The first kappa shape index (κ1) is 10.7. The van der Waals surface area contributed by atoms with Crippen LogP contribution < -0.4 is 10.6 Å². The number of amidine groups is 1. The molecule has 1 fully saturated rings. The van der Waals surface area contributed by atoms with Crippen LogP contribution in [0.4, 0.5) is 5.82 Å². The van der Waals surface area contributed by atoms with Gasteiger partial charge < -0.3 is 15.8 Å². The second kappa shape index (κ2) is 4.82. The number of rotatable bonds is 3. The Kier molecular flexibility index (Phi) is 3.23. The van der Waals surface area contributed by atoms with Crippen LogP contribution in [0, 0.1) is 0 Å². The summed E-state index contributed by atoms with van der Waals surface area (Å²) < 4.78 is 4.71. The minimum Gasteiger partial charge on any atom is -0.409 e. The fourth-order valence-corrected chi connectivity index (χ4v) is 1.87. The highest BCUT2D eigenvalue weighted by Crippen LogP contribution is 2.20. The largest absolute Gasteiger partial charge is 0.409 e. The molecule has 0 spiro atoms. The monoisotopic (exact) mass is 225 g/mol. The van der Waals surface area contributed by atoms with E-state index >= 15 is 0 Å². The second-order valence-electron chi connectivity index (χ2n) is 3.85. The quantitative estimate of drug-likeness (QED) is 0.333. The van der Waals surface area contributed by atoms with Crippen LogP contribution in [0.15, 0.2) is 9.78 Å². The summed E-state index contributed by atoms with van der Waals surface area (Å²) in [5, 5.41) is 19.1. The van der Waals surface area contributed by atoms with E-state index in [1.54, 1.807) is 0 Å². The van der Waals surface area contributed by atoms with E-state index in [1.165, 1.54) is 6.42 Å². The van der Waals surface area contributed by atoms with Crippen molar-refractivity contribution in [2.24, 2.45) is 10.9 Å². The molecular formula is C9H15N5O2. The number of hydrogen-bond acceptors (Lipinski definition) is 6. The van der Waals surface area contributed by atoms with Crippen molar-refractivity contribution in [3.05, 3.63) is 5.69 Å². The first-order chi connectivity index (χ1) is 7.81.